The molecule has 23 heavy (non-hydrogen) atoms. The molecule has 0 unspecified atom stereocenters. The highest BCUT2D eigenvalue weighted by Gasteiger charge is 2.21. The number of hydrogen-bond donors (Lipinski definition) is 3. The van der Waals surface area contributed by atoms with E-state index in [1.54, 1.807) is 4.90 Å². The first-order valence-corrected chi connectivity index (χ1v) is 7.23. The van der Waals surface area contributed by atoms with Crippen molar-refractivity contribution < 1.29 is 14.4 Å². The Hall–Kier alpha value is -2.12. The summed E-state index contributed by atoms with van der Waals surface area (Å²) in [6.07, 6.45) is 1.50. The van der Waals surface area contributed by atoms with Gasteiger partial charge in [0, 0.05) is 25.2 Å². The van der Waals surface area contributed by atoms with Crippen LogP contribution in [0.5, 0.6) is 0 Å². The summed E-state index contributed by atoms with van der Waals surface area (Å²) in [5.41, 5.74) is 6.93. The third kappa shape index (κ3) is 5.54. The van der Waals surface area contributed by atoms with E-state index < -0.39 is 0 Å². The number of rotatable bonds is 6. The Balaban J connectivity index is 0.00000264. The smallest absolute Gasteiger partial charge is 0.239 e. The molecule has 0 aromatic heterocycles. The molecule has 1 heterocycles. The van der Waals surface area contributed by atoms with Crippen LogP contribution in [0.25, 0.3) is 0 Å². The molecule has 0 atom stereocenters. The molecule has 2 rings (SSSR count). The monoisotopic (exact) mass is 340 g/mol. The normalized spacial score (nSPS) is 13.4. The molecule has 0 spiro atoms. The molecule has 1 aliphatic heterocycles. The molecule has 0 bridgehead atoms. The van der Waals surface area contributed by atoms with Crippen molar-refractivity contribution in [1.29, 1.82) is 0 Å². The van der Waals surface area contributed by atoms with E-state index in [0.717, 1.165) is 24.2 Å². The second-order valence-corrected chi connectivity index (χ2v) is 5.07. The van der Waals surface area contributed by atoms with Gasteiger partial charge in [0.25, 0.3) is 0 Å². The fraction of sp³-hybridized carbons (Fsp3) is 0.400. The minimum atomic E-state index is -0.366. The molecule has 1 saturated heterocycles. The van der Waals surface area contributed by atoms with Gasteiger partial charge in [-0.25, -0.2) is 0 Å². The van der Waals surface area contributed by atoms with Crippen LogP contribution >= 0.6 is 12.4 Å². The molecule has 1 fully saturated rings. The number of nitrogens with two attached hydrogens (primary N) is 1. The fourth-order valence-electron chi connectivity index (χ4n) is 2.23. The van der Waals surface area contributed by atoms with Crippen molar-refractivity contribution in [3.05, 3.63) is 29.8 Å². The number of nitrogens with zero attached hydrogens (tertiary/aromatic N) is 1. The van der Waals surface area contributed by atoms with Gasteiger partial charge in [-0.05, 0) is 24.1 Å². The fourth-order valence-corrected chi connectivity index (χ4v) is 2.23. The maximum atomic E-state index is 11.7. The van der Waals surface area contributed by atoms with Crippen LogP contribution in [0.1, 0.15) is 18.4 Å². The molecule has 0 radical (unpaired) electrons. The first-order chi connectivity index (χ1) is 10.6. The van der Waals surface area contributed by atoms with E-state index in [0.29, 0.717) is 13.0 Å². The van der Waals surface area contributed by atoms with E-state index in [9.17, 15) is 14.4 Å². The van der Waals surface area contributed by atoms with E-state index in [1.165, 1.54) is 0 Å². The van der Waals surface area contributed by atoms with E-state index in [-0.39, 0.29) is 43.2 Å². The lowest BCUT2D eigenvalue weighted by atomic mass is 10.2. The summed E-state index contributed by atoms with van der Waals surface area (Å²) in [5.74, 6) is -0.493. The highest BCUT2D eigenvalue weighted by atomic mass is 35.5. The largest absolute Gasteiger partial charge is 0.350 e. The van der Waals surface area contributed by atoms with Gasteiger partial charge in [0.05, 0.1) is 13.1 Å². The number of carbonyl (C=O) groups excluding carboxylic acids is 3. The van der Waals surface area contributed by atoms with Gasteiger partial charge in [0.2, 0.25) is 17.7 Å². The van der Waals surface area contributed by atoms with Crippen molar-refractivity contribution in [2.75, 3.05) is 24.5 Å². The Kier molecular flexibility index (Phi) is 7.50. The van der Waals surface area contributed by atoms with Gasteiger partial charge in [-0.15, -0.1) is 12.4 Å². The Morgan fingerprint density at radius 1 is 1.13 bits per heavy atom. The van der Waals surface area contributed by atoms with Gasteiger partial charge in [-0.1, -0.05) is 12.1 Å². The van der Waals surface area contributed by atoms with Crippen molar-refractivity contribution in [1.82, 2.24) is 10.6 Å². The summed E-state index contributed by atoms with van der Waals surface area (Å²) in [6, 6.07) is 7.50. The topological polar surface area (TPSA) is 105 Å². The first-order valence-electron chi connectivity index (χ1n) is 7.23. The quantitative estimate of drug-likeness (QED) is 0.674. The van der Waals surface area contributed by atoms with E-state index in [2.05, 4.69) is 10.6 Å². The molecule has 126 valence electrons. The molecule has 8 heteroatoms. The van der Waals surface area contributed by atoms with Crippen molar-refractivity contribution in [3.8, 4) is 0 Å². The Bertz CT molecular complexity index is 562. The van der Waals surface area contributed by atoms with Crippen LogP contribution in [0, 0.1) is 0 Å². The van der Waals surface area contributed by atoms with Crippen molar-refractivity contribution in [2.24, 2.45) is 5.73 Å². The minimum absolute atomic E-state index is 0. The van der Waals surface area contributed by atoms with Crippen LogP contribution in [-0.4, -0.2) is 37.4 Å². The van der Waals surface area contributed by atoms with E-state index in [1.807, 2.05) is 24.3 Å². The predicted octanol–water partition coefficient (Wildman–Crippen LogP) is -0.0737. The van der Waals surface area contributed by atoms with Crippen molar-refractivity contribution in [2.45, 2.75) is 19.4 Å². The minimum Gasteiger partial charge on any atom is -0.350 e. The Labute approximate surface area is 141 Å². The van der Waals surface area contributed by atoms with Crippen LogP contribution < -0.4 is 21.3 Å². The molecule has 1 aromatic rings. The van der Waals surface area contributed by atoms with Crippen LogP contribution in [0.4, 0.5) is 5.69 Å². The summed E-state index contributed by atoms with van der Waals surface area (Å²) in [4.78, 5) is 35.9. The molecule has 1 aromatic carbocycles. The summed E-state index contributed by atoms with van der Waals surface area (Å²) in [6.45, 7) is 0.904. The molecular formula is C15H21ClN4O3. The van der Waals surface area contributed by atoms with Crippen molar-refractivity contribution >= 4 is 35.8 Å². The lowest BCUT2D eigenvalue weighted by Crippen LogP contribution is -2.39. The second-order valence-electron chi connectivity index (χ2n) is 5.07. The standard InChI is InChI=1S/C15H20N4O3.ClH/c16-8-13(20)18-10-14(21)17-9-11-3-5-12(6-4-11)19-7-1-2-15(19)22;/h3-6H,1-2,7-10,16H2,(H,17,21)(H,18,20);1H. The maximum absolute atomic E-state index is 11.7. The average molecular weight is 341 g/mol. The van der Waals surface area contributed by atoms with Gasteiger partial charge in [-0.2, -0.15) is 0 Å². The van der Waals surface area contributed by atoms with Crippen LogP contribution in [0.15, 0.2) is 24.3 Å². The summed E-state index contributed by atoms with van der Waals surface area (Å²) in [5, 5.41) is 5.10. The molecule has 0 saturated carbocycles. The highest BCUT2D eigenvalue weighted by molar-refractivity contribution is 5.95. The summed E-state index contributed by atoms with van der Waals surface area (Å²) >= 11 is 0. The third-order valence-electron chi connectivity index (χ3n) is 3.44. The zero-order valence-corrected chi connectivity index (χ0v) is 13.5. The summed E-state index contributed by atoms with van der Waals surface area (Å²) < 4.78 is 0. The maximum Gasteiger partial charge on any atom is 0.239 e. The van der Waals surface area contributed by atoms with E-state index in [4.69, 9.17) is 5.73 Å². The molecular weight excluding hydrogens is 320 g/mol. The zero-order valence-electron chi connectivity index (χ0n) is 12.7. The number of benzene rings is 1. The average Bonchev–Trinajstić information content (AvgIpc) is 2.97. The predicted molar refractivity (Wildman–Crippen MR) is 89.2 cm³/mol. The number of anilines is 1. The SMILES string of the molecule is Cl.NCC(=O)NCC(=O)NCc1ccc(N2CCCC2=O)cc1. The lowest BCUT2D eigenvalue weighted by molar-refractivity contribution is -0.125. The Morgan fingerprint density at radius 3 is 2.39 bits per heavy atom. The molecule has 4 N–H and O–H groups in total. The highest BCUT2D eigenvalue weighted by Crippen LogP contribution is 2.21. The third-order valence-corrected chi connectivity index (χ3v) is 3.44. The lowest BCUT2D eigenvalue weighted by Gasteiger charge is -2.16. The van der Waals surface area contributed by atoms with Gasteiger partial charge in [0.15, 0.2) is 0 Å². The number of carbonyl (C=O) groups is 3. The van der Waals surface area contributed by atoms with Crippen molar-refractivity contribution in [3.63, 3.8) is 0 Å². The first kappa shape index (κ1) is 18.9. The van der Waals surface area contributed by atoms with Gasteiger partial charge >= 0.3 is 0 Å². The van der Waals surface area contributed by atoms with Crippen LogP contribution in [0.3, 0.4) is 0 Å². The van der Waals surface area contributed by atoms with Gasteiger partial charge in [-0.3, -0.25) is 14.4 Å². The molecule has 0 aliphatic carbocycles. The number of nitrogens with one attached hydrogen (secondary N) is 2. The Morgan fingerprint density at radius 2 is 1.83 bits per heavy atom. The summed E-state index contributed by atoms with van der Waals surface area (Å²) in [7, 11) is 0. The number of amides is 3. The number of hydrogen-bond acceptors (Lipinski definition) is 4. The van der Waals surface area contributed by atoms with Gasteiger partial charge in [0.1, 0.15) is 0 Å². The zero-order chi connectivity index (χ0) is 15.9. The molecule has 3 amide bonds. The van der Waals surface area contributed by atoms with E-state index >= 15 is 0 Å². The molecule has 1 aliphatic rings. The van der Waals surface area contributed by atoms with Crippen LogP contribution in [-0.2, 0) is 20.9 Å². The number of halogens is 1. The van der Waals surface area contributed by atoms with Gasteiger partial charge < -0.3 is 21.3 Å². The molecule has 7 nitrogen and oxygen atoms in total. The second kappa shape index (κ2) is 9.12. The van der Waals surface area contributed by atoms with Crippen LogP contribution in [0.2, 0.25) is 0 Å².